The Morgan fingerprint density at radius 3 is 2.61 bits per heavy atom. The van der Waals surface area contributed by atoms with Gasteiger partial charge in [0.05, 0.1) is 32.2 Å². The number of fused-ring (bicyclic) bond motifs is 1. The van der Waals surface area contributed by atoms with Crippen LogP contribution in [0.2, 0.25) is 5.02 Å². The average molecular weight is 622 g/mol. The van der Waals surface area contributed by atoms with Crippen molar-refractivity contribution in [2.75, 3.05) is 26.1 Å². The SMILES string of the molecule is COc1ccc(CCN2C(=O)[C@H]3[C@H](C(=O)Nc4cccc(Cl)c4)[C@H]4C=C[C@@]3(O4)[C@@H]2C(=O)N[C@@H]2CCC[C@H](C)[C@@H]2C)cc1OC. The second-order valence-electron chi connectivity index (χ2n) is 12.6. The lowest BCUT2D eigenvalue weighted by molar-refractivity contribution is -0.141. The van der Waals surface area contributed by atoms with Crippen molar-refractivity contribution in [3.05, 3.63) is 65.2 Å². The summed E-state index contributed by atoms with van der Waals surface area (Å²) < 4.78 is 17.4. The van der Waals surface area contributed by atoms with Crippen LogP contribution in [0.4, 0.5) is 5.69 Å². The molecule has 0 radical (unpaired) electrons. The molecule has 44 heavy (non-hydrogen) atoms. The minimum atomic E-state index is -1.23. The fourth-order valence-electron chi connectivity index (χ4n) is 7.63. The predicted octanol–water partition coefficient (Wildman–Crippen LogP) is 4.63. The predicted molar refractivity (Wildman–Crippen MR) is 167 cm³/mol. The molecule has 3 heterocycles. The molecule has 3 amide bonds. The van der Waals surface area contributed by atoms with Crippen molar-refractivity contribution in [1.82, 2.24) is 10.2 Å². The van der Waals surface area contributed by atoms with Crippen LogP contribution < -0.4 is 20.1 Å². The topological polar surface area (TPSA) is 106 Å². The number of hydrogen-bond donors (Lipinski definition) is 2. The van der Waals surface area contributed by atoms with E-state index in [1.807, 2.05) is 30.4 Å². The molecule has 8 atom stereocenters. The number of carbonyl (C=O) groups excluding carboxylic acids is 3. The first-order valence-electron chi connectivity index (χ1n) is 15.4. The van der Waals surface area contributed by atoms with E-state index < -0.39 is 29.6 Å². The van der Waals surface area contributed by atoms with Gasteiger partial charge in [-0.2, -0.15) is 0 Å². The fraction of sp³-hybridized carbons (Fsp3) is 0.500. The highest BCUT2D eigenvalue weighted by atomic mass is 35.5. The summed E-state index contributed by atoms with van der Waals surface area (Å²) in [5.74, 6) is -0.450. The number of likely N-dealkylation sites (tertiary alicyclic amines) is 1. The molecular formula is C34H40ClN3O6. The van der Waals surface area contributed by atoms with Crippen LogP contribution in [-0.2, 0) is 25.5 Å². The summed E-state index contributed by atoms with van der Waals surface area (Å²) in [6.07, 6.45) is 6.61. The van der Waals surface area contributed by atoms with Gasteiger partial charge in [0, 0.05) is 23.3 Å². The van der Waals surface area contributed by atoms with Crippen LogP contribution in [0.3, 0.4) is 0 Å². The maximum absolute atomic E-state index is 14.3. The van der Waals surface area contributed by atoms with Gasteiger partial charge in [0.25, 0.3) is 0 Å². The second kappa shape index (κ2) is 12.1. The lowest BCUT2D eigenvalue weighted by Gasteiger charge is -2.38. The molecule has 2 bridgehead atoms. The molecule has 0 unspecified atom stereocenters. The minimum Gasteiger partial charge on any atom is -0.493 e. The molecule has 1 saturated carbocycles. The number of methoxy groups -OCH3 is 2. The third-order valence-electron chi connectivity index (χ3n) is 10.1. The van der Waals surface area contributed by atoms with Gasteiger partial charge in [-0.15, -0.1) is 0 Å². The number of nitrogens with zero attached hydrogens (tertiary/aromatic N) is 1. The van der Waals surface area contributed by atoms with E-state index in [1.165, 1.54) is 0 Å². The van der Waals surface area contributed by atoms with E-state index in [2.05, 4.69) is 24.5 Å². The molecule has 0 aromatic heterocycles. The van der Waals surface area contributed by atoms with Crippen molar-refractivity contribution in [3.8, 4) is 11.5 Å². The Labute approximate surface area is 263 Å². The first-order valence-corrected chi connectivity index (χ1v) is 15.8. The van der Waals surface area contributed by atoms with Crippen LogP contribution in [0.25, 0.3) is 0 Å². The molecule has 234 valence electrons. The van der Waals surface area contributed by atoms with Crippen LogP contribution in [0, 0.1) is 23.7 Å². The second-order valence-corrected chi connectivity index (χ2v) is 13.0. The number of rotatable bonds is 9. The highest BCUT2D eigenvalue weighted by Crippen LogP contribution is 2.55. The molecule has 1 spiro atoms. The third kappa shape index (κ3) is 5.24. The first kappa shape index (κ1) is 30.5. The molecule has 10 heteroatoms. The zero-order valence-electron chi connectivity index (χ0n) is 25.5. The minimum absolute atomic E-state index is 0.00834. The molecule has 3 fully saturated rings. The Kier molecular flexibility index (Phi) is 8.37. The molecule has 4 aliphatic rings. The van der Waals surface area contributed by atoms with Gasteiger partial charge in [0.2, 0.25) is 17.7 Å². The quantitative estimate of drug-likeness (QED) is 0.396. The van der Waals surface area contributed by atoms with Crippen molar-refractivity contribution < 1.29 is 28.6 Å². The number of ether oxygens (including phenoxy) is 3. The third-order valence-corrected chi connectivity index (χ3v) is 10.4. The number of amides is 3. The van der Waals surface area contributed by atoms with Gasteiger partial charge in [0.1, 0.15) is 11.6 Å². The van der Waals surface area contributed by atoms with Gasteiger partial charge in [-0.05, 0) is 60.6 Å². The normalized spacial score (nSPS) is 32.0. The highest BCUT2D eigenvalue weighted by Gasteiger charge is 2.72. The van der Waals surface area contributed by atoms with Crippen LogP contribution in [-0.4, -0.2) is 67.2 Å². The number of benzene rings is 2. The van der Waals surface area contributed by atoms with E-state index >= 15 is 0 Å². The van der Waals surface area contributed by atoms with Gasteiger partial charge in [0.15, 0.2) is 11.5 Å². The molecular weight excluding hydrogens is 582 g/mol. The Hall–Kier alpha value is -3.56. The largest absolute Gasteiger partial charge is 0.493 e. The molecule has 1 aliphatic carbocycles. The van der Waals surface area contributed by atoms with Gasteiger partial charge in [-0.1, -0.05) is 62.6 Å². The van der Waals surface area contributed by atoms with E-state index in [0.29, 0.717) is 40.5 Å². The zero-order valence-corrected chi connectivity index (χ0v) is 26.3. The fourth-order valence-corrected chi connectivity index (χ4v) is 7.82. The van der Waals surface area contributed by atoms with Gasteiger partial charge >= 0.3 is 0 Å². The van der Waals surface area contributed by atoms with Gasteiger partial charge in [-0.25, -0.2) is 0 Å². The maximum atomic E-state index is 14.3. The standard InChI is InChI=1S/C34H40ClN3O6/c1-19-7-5-10-24(20(19)2)37-32(40)30-34-15-13-26(44-34)28(31(39)36-23-9-6-8-22(35)18-23)29(34)33(41)38(30)16-14-21-11-12-25(42-3)27(17-21)43-4/h6,8-9,11-13,15,17-20,24,26,28-30H,5,7,10,14,16H2,1-4H3,(H,36,39)(H,37,40)/t19-,20-,24+,26+,28+,29+,30-,34-/m0/s1. The maximum Gasteiger partial charge on any atom is 0.246 e. The van der Waals surface area contributed by atoms with E-state index in [4.69, 9.17) is 25.8 Å². The summed E-state index contributed by atoms with van der Waals surface area (Å²) in [6.45, 7) is 4.67. The highest BCUT2D eigenvalue weighted by molar-refractivity contribution is 6.30. The van der Waals surface area contributed by atoms with Crippen molar-refractivity contribution in [2.24, 2.45) is 23.7 Å². The summed E-state index contributed by atoms with van der Waals surface area (Å²) in [4.78, 5) is 44.0. The Bertz CT molecular complexity index is 1480. The Morgan fingerprint density at radius 2 is 1.86 bits per heavy atom. The van der Waals surface area contributed by atoms with Crippen LogP contribution in [0.15, 0.2) is 54.6 Å². The van der Waals surface area contributed by atoms with E-state index in [1.54, 1.807) is 43.4 Å². The van der Waals surface area contributed by atoms with E-state index in [9.17, 15) is 14.4 Å². The Balaban J connectivity index is 1.30. The van der Waals surface area contributed by atoms with Crippen molar-refractivity contribution in [3.63, 3.8) is 0 Å². The number of hydrogen-bond acceptors (Lipinski definition) is 6. The molecule has 2 aromatic rings. The summed E-state index contributed by atoms with van der Waals surface area (Å²) in [6, 6.07) is 11.6. The smallest absolute Gasteiger partial charge is 0.246 e. The molecule has 6 rings (SSSR count). The summed E-state index contributed by atoms with van der Waals surface area (Å²) in [5.41, 5.74) is 0.229. The zero-order chi connectivity index (χ0) is 31.2. The van der Waals surface area contributed by atoms with Crippen LogP contribution in [0.5, 0.6) is 11.5 Å². The molecule has 2 aromatic carbocycles. The van der Waals surface area contributed by atoms with Crippen molar-refractivity contribution in [1.29, 1.82) is 0 Å². The number of halogens is 1. The van der Waals surface area contributed by atoms with Gasteiger partial charge < -0.3 is 29.7 Å². The number of anilines is 1. The van der Waals surface area contributed by atoms with Crippen LogP contribution in [0.1, 0.15) is 38.7 Å². The van der Waals surface area contributed by atoms with Crippen LogP contribution >= 0.6 is 11.6 Å². The van der Waals surface area contributed by atoms with Crippen molar-refractivity contribution >= 4 is 35.0 Å². The van der Waals surface area contributed by atoms with Crippen molar-refractivity contribution in [2.45, 2.75) is 63.3 Å². The lowest BCUT2D eigenvalue weighted by atomic mass is 9.73. The number of nitrogens with one attached hydrogen (secondary N) is 2. The molecule has 9 nitrogen and oxygen atoms in total. The summed E-state index contributed by atoms with van der Waals surface area (Å²) >= 11 is 6.15. The van der Waals surface area contributed by atoms with E-state index in [-0.39, 0.29) is 30.3 Å². The summed E-state index contributed by atoms with van der Waals surface area (Å²) in [7, 11) is 3.16. The first-order chi connectivity index (χ1) is 21.2. The monoisotopic (exact) mass is 621 g/mol. The molecule has 3 aliphatic heterocycles. The lowest BCUT2D eigenvalue weighted by Crippen LogP contribution is -2.58. The molecule has 2 saturated heterocycles. The Morgan fingerprint density at radius 1 is 1.07 bits per heavy atom. The van der Waals surface area contributed by atoms with E-state index in [0.717, 1.165) is 24.8 Å². The average Bonchev–Trinajstić information content (AvgIpc) is 3.65. The summed E-state index contributed by atoms with van der Waals surface area (Å²) in [5, 5.41) is 6.72. The van der Waals surface area contributed by atoms with Gasteiger partial charge in [-0.3, -0.25) is 14.4 Å². The number of carbonyl (C=O) groups is 3. The molecule has 2 N–H and O–H groups in total.